The van der Waals surface area contributed by atoms with Crippen molar-refractivity contribution in [3.8, 4) is 17.1 Å². The van der Waals surface area contributed by atoms with Crippen LogP contribution in [-0.4, -0.2) is 221 Å². The highest BCUT2D eigenvalue weighted by atomic mass is 16.7. The number of esters is 1. The zero-order chi connectivity index (χ0) is 67.5. The van der Waals surface area contributed by atoms with E-state index in [1.54, 1.807) is 54.4 Å². The number of carbonyl (C=O) groups excluding carboxylic acids is 7. The number of aryl methyl sites for hydroxylation is 1. The van der Waals surface area contributed by atoms with Crippen molar-refractivity contribution < 1.29 is 95.5 Å². The Morgan fingerprint density at radius 1 is 0.729 bits per heavy atom. The number of hydrogen-bond acceptors (Lipinski definition) is 24. The minimum atomic E-state index is -2.02. The van der Waals surface area contributed by atoms with Crippen LogP contribution in [0, 0.1) is 17.8 Å². The second-order valence-corrected chi connectivity index (χ2v) is 23.4. The van der Waals surface area contributed by atoms with Gasteiger partial charge in [-0.1, -0.05) is 40.3 Å². The van der Waals surface area contributed by atoms with Crippen LogP contribution in [0.25, 0.3) is 22.3 Å². The Hall–Kier alpha value is -7.81. The number of carbonyl (C=O) groups is 7. The number of aromatic nitrogens is 5. The molecule has 5 amide bonds. The molecular weight excluding hydrogens is 1250 g/mol. The fourth-order valence-electron chi connectivity index (χ4n) is 11.4. The number of hydrogen-bond donors (Lipinski definition) is 4. The van der Waals surface area contributed by atoms with E-state index in [-0.39, 0.29) is 106 Å². The first-order valence-electron chi connectivity index (χ1n) is 32.5. The van der Waals surface area contributed by atoms with Crippen LogP contribution in [0.2, 0.25) is 0 Å². The SMILES string of the molecule is C.CCc1c2c(nc3ccc(O)cc13)-c1cc3c(c(=O)n1C2)COC(=O)C3(CC)OC(=O)OCC(NC(=O)COCC(=O)NCCOCCOCCOCCOCCOCCOCCOCCOCCn1cc(CNC(=O)C2CCC(CN3C(=O)C=CC3=O)CC2)nn1)C(C)C. The van der Waals surface area contributed by atoms with E-state index in [1.807, 2.05) is 6.92 Å². The number of aromatic hydroxyl groups is 1. The van der Waals surface area contributed by atoms with Gasteiger partial charge in [0.25, 0.3) is 17.4 Å². The highest BCUT2D eigenvalue weighted by Gasteiger charge is 2.51. The molecule has 4 aliphatic rings. The standard InChI is InChI=1S/C65H89N9O21.CH4/c1-5-48-49-33-47(75)11-12-53(49)69-60-50(48)38-73-55(60)34-52-51(62(73)81)39-93-63(82)65(52,6-2)95-64(83)94-40-54(43(3)4)68-57(77)42-92-41-56(76)66-15-17-84-19-21-86-23-25-88-27-29-90-31-32-91-30-28-89-26-24-87-22-20-85-18-16-72-37-46(70-71-72)35-67-61(80)45-9-7-44(8-10-45)36-74-58(78)13-14-59(74)79;/h11-14,33-34,37,43-45,54,75H,5-10,15-32,35-36,38-42H2,1-4H3,(H,66,76)(H,67,80)(H,68,77);1H4. The number of rotatable bonds is 43. The lowest BCUT2D eigenvalue weighted by atomic mass is 9.81. The van der Waals surface area contributed by atoms with Gasteiger partial charge >= 0.3 is 12.1 Å². The Balaban J connectivity index is 0.0000130. The van der Waals surface area contributed by atoms with Gasteiger partial charge in [-0.3, -0.25) is 33.7 Å². The summed E-state index contributed by atoms with van der Waals surface area (Å²) in [7, 11) is 0. The molecule has 30 nitrogen and oxygen atoms in total. The van der Waals surface area contributed by atoms with Gasteiger partial charge in [0.05, 0.1) is 160 Å². The van der Waals surface area contributed by atoms with Gasteiger partial charge in [0.1, 0.15) is 37.9 Å². The molecule has 1 fully saturated rings. The third-order valence-corrected chi connectivity index (χ3v) is 16.6. The molecule has 0 radical (unpaired) electrons. The minimum Gasteiger partial charge on any atom is -0.508 e. The van der Waals surface area contributed by atoms with Gasteiger partial charge in [-0.05, 0) is 80.2 Å². The molecule has 1 aromatic carbocycles. The first-order chi connectivity index (χ1) is 46.1. The van der Waals surface area contributed by atoms with Crippen molar-refractivity contribution >= 4 is 52.6 Å². The molecule has 1 saturated carbocycles. The summed E-state index contributed by atoms with van der Waals surface area (Å²) in [6, 6.07) is 5.84. The summed E-state index contributed by atoms with van der Waals surface area (Å²) in [5, 5.41) is 27.6. The Morgan fingerprint density at radius 3 is 1.92 bits per heavy atom. The fraction of sp³-hybridized carbons (Fsp3) is 0.621. The number of nitrogens with one attached hydrogen (secondary N) is 3. The van der Waals surface area contributed by atoms with Crippen molar-refractivity contribution in [2.75, 3.05) is 139 Å². The van der Waals surface area contributed by atoms with Crippen LogP contribution in [0.4, 0.5) is 4.79 Å². The highest BCUT2D eigenvalue weighted by Crippen LogP contribution is 2.43. The average Bonchev–Trinajstić information content (AvgIpc) is 1.48. The van der Waals surface area contributed by atoms with Crippen LogP contribution < -0.4 is 21.5 Å². The van der Waals surface area contributed by atoms with E-state index in [9.17, 15) is 43.5 Å². The van der Waals surface area contributed by atoms with Gasteiger partial charge in [-0.2, -0.15) is 0 Å². The molecule has 6 heterocycles. The maximum absolute atomic E-state index is 14.1. The van der Waals surface area contributed by atoms with E-state index in [0.717, 1.165) is 29.4 Å². The van der Waals surface area contributed by atoms with Crippen LogP contribution in [0.5, 0.6) is 5.75 Å². The second-order valence-electron chi connectivity index (χ2n) is 23.4. The van der Waals surface area contributed by atoms with E-state index >= 15 is 0 Å². The first-order valence-corrected chi connectivity index (χ1v) is 32.5. The summed E-state index contributed by atoms with van der Waals surface area (Å²) in [6.07, 6.45) is 6.67. The molecule has 0 saturated heterocycles. The first kappa shape index (κ1) is 75.6. The molecule has 0 spiro atoms. The number of phenolic OH excluding ortho intramolecular Hbond substituents is 1. The maximum atomic E-state index is 14.1. The second kappa shape index (κ2) is 38.8. The molecule has 1 aliphatic carbocycles. The van der Waals surface area contributed by atoms with E-state index in [4.69, 9.17) is 61.8 Å². The number of imide groups is 1. The summed E-state index contributed by atoms with van der Waals surface area (Å²) in [5.41, 5.74) is 1.91. The summed E-state index contributed by atoms with van der Waals surface area (Å²) < 4.78 is 69.7. The van der Waals surface area contributed by atoms with Gasteiger partial charge in [0.2, 0.25) is 23.3 Å². The lowest BCUT2D eigenvalue weighted by molar-refractivity contribution is -0.175. The number of amides is 5. The predicted molar refractivity (Wildman–Crippen MR) is 343 cm³/mol. The molecule has 96 heavy (non-hydrogen) atoms. The smallest absolute Gasteiger partial charge is 0.508 e. The molecule has 2 atom stereocenters. The van der Waals surface area contributed by atoms with Crippen molar-refractivity contribution in [3.05, 3.63) is 80.9 Å². The molecule has 2 unspecified atom stereocenters. The Morgan fingerprint density at radius 2 is 1.32 bits per heavy atom. The molecule has 4 aromatic rings. The fourth-order valence-corrected chi connectivity index (χ4v) is 11.4. The minimum absolute atomic E-state index is 0. The van der Waals surface area contributed by atoms with Crippen LogP contribution in [0.3, 0.4) is 0 Å². The molecule has 3 aromatic heterocycles. The van der Waals surface area contributed by atoms with Crippen molar-refractivity contribution in [1.29, 1.82) is 0 Å². The van der Waals surface area contributed by atoms with Gasteiger partial charge in [0, 0.05) is 47.7 Å². The van der Waals surface area contributed by atoms with Crippen molar-refractivity contribution in [2.24, 2.45) is 17.8 Å². The summed E-state index contributed by atoms with van der Waals surface area (Å²) in [5.74, 6) is -2.49. The van der Waals surface area contributed by atoms with Gasteiger partial charge in [-0.15, -0.1) is 5.10 Å². The van der Waals surface area contributed by atoms with Crippen LogP contribution in [-0.2, 0) is 124 Å². The van der Waals surface area contributed by atoms with Crippen LogP contribution in [0.1, 0.15) is 95.2 Å². The lowest BCUT2D eigenvalue weighted by Crippen LogP contribution is -2.48. The zero-order valence-electron chi connectivity index (χ0n) is 54.6. The third-order valence-electron chi connectivity index (χ3n) is 16.6. The molecule has 3 aliphatic heterocycles. The number of phenols is 1. The Labute approximate surface area is 557 Å². The summed E-state index contributed by atoms with van der Waals surface area (Å²) >= 11 is 0. The largest absolute Gasteiger partial charge is 0.509 e. The van der Waals surface area contributed by atoms with Crippen LogP contribution in [0.15, 0.2) is 47.4 Å². The lowest BCUT2D eigenvalue weighted by Gasteiger charge is -2.35. The van der Waals surface area contributed by atoms with Crippen molar-refractivity contribution in [1.82, 2.24) is 45.4 Å². The number of cyclic esters (lactones) is 1. The quantitative estimate of drug-likeness (QED) is 0.0247. The number of nitrogens with zero attached hydrogens (tertiary/aromatic N) is 6. The van der Waals surface area contributed by atoms with Gasteiger partial charge in [-0.25, -0.2) is 19.3 Å². The highest BCUT2D eigenvalue weighted by molar-refractivity contribution is 6.12. The van der Waals surface area contributed by atoms with E-state index in [0.29, 0.717) is 154 Å². The Bertz CT molecular complexity index is 3310. The number of ether oxygens (including phenoxy) is 12. The topological polar surface area (TPSA) is 355 Å². The molecule has 0 bridgehead atoms. The third kappa shape index (κ3) is 21.6. The van der Waals surface area contributed by atoms with Crippen molar-refractivity contribution in [2.45, 2.75) is 112 Å². The summed E-state index contributed by atoms with van der Waals surface area (Å²) in [4.78, 5) is 109. The zero-order valence-corrected chi connectivity index (χ0v) is 54.6. The van der Waals surface area contributed by atoms with Crippen molar-refractivity contribution in [3.63, 3.8) is 0 Å². The number of fused-ring (bicyclic) bond motifs is 5. The molecule has 30 heteroatoms. The Kier molecular flexibility index (Phi) is 30.5. The summed E-state index contributed by atoms with van der Waals surface area (Å²) in [6.45, 7) is 13.5. The monoisotopic (exact) mass is 1350 g/mol. The predicted octanol–water partition coefficient (Wildman–Crippen LogP) is 3.19. The number of benzene rings is 1. The normalized spacial score (nSPS) is 17.4. The average molecular weight is 1350 g/mol. The van der Waals surface area contributed by atoms with E-state index in [2.05, 4.69) is 26.3 Å². The van der Waals surface area contributed by atoms with Crippen LogP contribution >= 0.6 is 0 Å². The molecule has 8 rings (SSSR count). The van der Waals surface area contributed by atoms with E-state index < -0.39 is 54.4 Å². The van der Waals surface area contributed by atoms with Gasteiger partial charge in [0.15, 0.2) is 0 Å². The van der Waals surface area contributed by atoms with Gasteiger partial charge < -0.3 is 82.5 Å². The molecular formula is C66H93N9O21. The maximum Gasteiger partial charge on any atom is 0.509 e. The van der Waals surface area contributed by atoms with E-state index in [1.165, 1.54) is 23.1 Å². The molecule has 528 valence electrons. The number of pyridine rings is 2. The molecule has 4 N–H and O–H groups in total.